The fourth-order valence-corrected chi connectivity index (χ4v) is 3.29. The van der Waals surface area contributed by atoms with E-state index in [0.29, 0.717) is 16.6 Å². The first kappa shape index (κ1) is 20.6. The molecule has 1 atom stereocenters. The third kappa shape index (κ3) is 6.56. The molecule has 0 aliphatic heterocycles. The van der Waals surface area contributed by atoms with Gasteiger partial charge in [0.25, 0.3) is 0 Å². The zero-order valence-corrected chi connectivity index (χ0v) is 16.8. The molecule has 2 aromatic carbocycles. The lowest BCUT2D eigenvalue weighted by atomic mass is 10.2. The van der Waals surface area contributed by atoms with Crippen LogP contribution < -0.4 is 10.6 Å². The number of rotatable bonds is 7. The first-order valence-electron chi connectivity index (χ1n) is 8.05. The minimum atomic E-state index is -0.357. The third-order valence-corrected chi connectivity index (χ3v) is 5.37. The summed E-state index contributed by atoms with van der Waals surface area (Å²) in [5.74, 6) is -0.0899. The number of anilines is 1. The van der Waals surface area contributed by atoms with Gasteiger partial charge in [-0.2, -0.15) is 0 Å². The molecule has 4 nitrogen and oxygen atoms in total. The van der Waals surface area contributed by atoms with Crippen molar-refractivity contribution in [2.24, 2.45) is 0 Å². The van der Waals surface area contributed by atoms with Gasteiger partial charge in [0.15, 0.2) is 0 Å². The molecule has 2 aromatic rings. The molecular formula is C19H20Cl2N2O2S. The van der Waals surface area contributed by atoms with Gasteiger partial charge in [0, 0.05) is 22.3 Å². The second-order valence-corrected chi connectivity index (χ2v) is 7.99. The normalized spacial score (nSPS) is 11.7. The van der Waals surface area contributed by atoms with Crippen LogP contribution in [0.4, 0.5) is 5.69 Å². The van der Waals surface area contributed by atoms with Crippen molar-refractivity contribution in [3.05, 3.63) is 63.6 Å². The second-order valence-electron chi connectivity index (χ2n) is 5.82. The number of hydrogen-bond donors (Lipinski definition) is 2. The molecule has 0 heterocycles. The highest BCUT2D eigenvalue weighted by atomic mass is 35.5. The van der Waals surface area contributed by atoms with Gasteiger partial charge in [0.2, 0.25) is 11.8 Å². The Labute approximate surface area is 167 Å². The van der Waals surface area contributed by atoms with Crippen LogP contribution in [0.25, 0.3) is 0 Å². The Hall–Kier alpha value is -1.69. The third-order valence-electron chi connectivity index (χ3n) is 3.64. The van der Waals surface area contributed by atoms with Crippen LogP contribution in [0.3, 0.4) is 0 Å². The molecule has 0 unspecified atom stereocenters. The molecule has 0 saturated carbocycles. The predicted octanol–water partition coefficient (Wildman–Crippen LogP) is 4.68. The van der Waals surface area contributed by atoms with Gasteiger partial charge in [0.05, 0.1) is 11.0 Å². The van der Waals surface area contributed by atoms with Crippen LogP contribution in [-0.4, -0.2) is 22.8 Å². The number of amides is 2. The van der Waals surface area contributed by atoms with E-state index in [-0.39, 0.29) is 22.8 Å². The summed E-state index contributed by atoms with van der Waals surface area (Å²) in [7, 11) is 0. The second kappa shape index (κ2) is 9.86. The zero-order chi connectivity index (χ0) is 19.1. The number of aryl methyl sites for hydroxylation is 1. The molecule has 0 aromatic heterocycles. The van der Waals surface area contributed by atoms with Gasteiger partial charge in [-0.25, -0.2) is 0 Å². The van der Waals surface area contributed by atoms with E-state index >= 15 is 0 Å². The van der Waals surface area contributed by atoms with Crippen LogP contribution >= 0.6 is 35.0 Å². The summed E-state index contributed by atoms with van der Waals surface area (Å²) in [6.07, 6.45) is 0. The molecule has 26 heavy (non-hydrogen) atoms. The Morgan fingerprint density at radius 3 is 2.46 bits per heavy atom. The van der Waals surface area contributed by atoms with Crippen molar-refractivity contribution in [1.29, 1.82) is 0 Å². The molecule has 138 valence electrons. The zero-order valence-electron chi connectivity index (χ0n) is 14.5. The molecule has 2 rings (SSSR count). The minimum Gasteiger partial charge on any atom is -0.351 e. The molecule has 0 fully saturated rings. The number of benzene rings is 2. The Balaban J connectivity index is 1.75. The average Bonchev–Trinajstić information content (AvgIpc) is 2.60. The van der Waals surface area contributed by atoms with Gasteiger partial charge in [0.1, 0.15) is 0 Å². The van der Waals surface area contributed by atoms with Crippen molar-refractivity contribution in [2.45, 2.75) is 25.6 Å². The maximum atomic E-state index is 12.2. The van der Waals surface area contributed by atoms with E-state index in [1.807, 2.05) is 31.2 Å². The van der Waals surface area contributed by atoms with Gasteiger partial charge < -0.3 is 10.6 Å². The summed E-state index contributed by atoms with van der Waals surface area (Å²) in [5, 5.41) is 6.34. The van der Waals surface area contributed by atoms with Gasteiger partial charge in [-0.3, -0.25) is 9.59 Å². The van der Waals surface area contributed by atoms with Crippen molar-refractivity contribution >= 4 is 52.5 Å². The highest BCUT2D eigenvalue weighted by molar-refractivity contribution is 8.01. The average molecular weight is 411 g/mol. The first-order chi connectivity index (χ1) is 12.3. The number of carbonyl (C=O) groups is 2. The van der Waals surface area contributed by atoms with Crippen molar-refractivity contribution < 1.29 is 9.59 Å². The molecule has 0 saturated heterocycles. The van der Waals surface area contributed by atoms with E-state index in [2.05, 4.69) is 10.6 Å². The van der Waals surface area contributed by atoms with E-state index in [1.165, 1.54) is 11.8 Å². The fraction of sp³-hybridized carbons (Fsp3) is 0.263. The van der Waals surface area contributed by atoms with Gasteiger partial charge in [-0.15, -0.1) is 11.8 Å². The summed E-state index contributed by atoms with van der Waals surface area (Å²) < 4.78 is 0. The number of hydrogen-bond acceptors (Lipinski definition) is 3. The molecule has 0 radical (unpaired) electrons. The maximum Gasteiger partial charge on any atom is 0.234 e. The summed E-state index contributed by atoms with van der Waals surface area (Å²) in [5.41, 5.74) is 2.66. The van der Waals surface area contributed by atoms with Crippen LogP contribution in [0.1, 0.15) is 18.1 Å². The topological polar surface area (TPSA) is 58.2 Å². The van der Waals surface area contributed by atoms with Gasteiger partial charge >= 0.3 is 0 Å². The molecule has 7 heteroatoms. The summed E-state index contributed by atoms with van der Waals surface area (Å²) in [6, 6.07) is 12.7. The first-order valence-corrected chi connectivity index (χ1v) is 9.85. The van der Waals surface area contributed by atoms with E-state index in [9.17, 15) is 9.59 Å². The van der Waals surface area contributed by atoms with Crippen LogP contribution in [0.15, 0.2) is 42.5 Å². The van der Waals surface area contributed by atoms with Crippen molar-refractivity contribution in [2.75, 3.05) is 11.1 Å². The molecule has 2 N–H and O–H groups in total. The molecule has 0 spiro atoms. The number of nitrogens with one attached hydrogen (secondary N) is 2. The van der Waals surface area contributed by atoms with Crippen LogP contribution in [0.5, 0.6) is 0 Å². The molecule has 0 aliphatic carbocycles. The molecular weight excluding hydrogens is 391 g/mol. The number of halogens is 2. The Morgan fingerprint density at radius 2 is 1.81 bits per heavy atom. The van der Waals surface area contributed by atoms with Gasteiger partial charge in [-0.1, -0.05) is 47.0 Å². The minimum absolute atomic E-state index is 0.140. The van der Waals surface area contributed by atoms with Crippen molar-refractivity contribution in [3.63, 3.8) is 0 Å². The molecule has 0 bridgehead atoms. The van der Waals surface area contributed by atoms with E-state index in [0.717, 1.165) is 16.8 Å². The monoisotopic (exact) mass is 410 g/mol. The molecule has 2 amide bonds. The quantitative estimate of drug-likeness (QED) is 0.696. The predicted molar refractivity (Wildman–Crippen MR) is 110 cm³/mol. The largest absolute Gasteiger partial charge is 0.351 e. The standard InChI is InChI=1S/C19H20Cl2N2O2S/c1-12-3-7-16(8-4-12)23-18(24)11-26-13(2)19(25)22-10-14-5-6-15(20)9-17(14)21/h3-9,13H,10-11H2,1-2H3,(H,22,25)(H,23,24)/t13-/m1/s1. The van der Waals surface area contributed by atoms with Crippen LogP contribution in [0, 0.1) is 6.92 Å². The van der Waals surface area contributed by atoms with Crippen LogP contribution in [0.2, 0.25) is 10.0 Å². The summed E-state index contributed by atoms with van der Waals surface area (Å²) in [6.45, 7) is 4.07. The Morgan fingerprint density at radius 1 is 1.12 bits per heavy atom. The number of carbonyl (C=O) groups excluding carboxylic acids is 2. The lowest BCUT2D eigenvalue weighted by Crippen LogP contribution is -2.31. The lowest BCUT2D eigenvalue weighted by molar-refractivity contribution is -0.120. The Kier molecular flexibility index (Phi) is 7.82. The smallest absolute Gasteiger partial charge is 0.234 e. The highest BCUT2D eigenvalue weighted by Gasteiger charge is 2.15. The summed E-state index contributed by atoms with van der Waals surface area (Å²) >= 11 is 13.2. The maximum absolute atomic E-state index is 12.2. The van der Waals surface area contributed by atoms with Crippen molar-refractivity contribution in [1.82, 2.24) is 5.32 Å². The number of thioether (sulfide) groups is 1. The Bertz CT molecular complexity index is 782. The highest BCUT2D eigenvalue weighted by Crippen LogP contribution is 2.21. The van der Waals surface area contributed by atoms with E-state index in [1.54, 1.807) is 25.1 Å². The van der Waals surface area contributed by atoms with E-state index < -0.39 is 0 Å². The lowest BCUT2D eigenvalue weighted by Gasteiger charge is -2.13. The van der Waals surface area contributed by atoms with Gasteiger partial charge in [-0.05, 0) is 43.7 Å². The van der Waals surface area contributed by atoms with Crippen molar-refractivity contribution in [3.8, 4) is 0 Å². The van der Waals surface area contributed by atoms with E-state index in [4.69, 9.17) is 23.2 Å². The molecule has 0 aliphatic rings. The SMILES string of the molecule is Cc1ccc(NC(=O)CS[C@H](C)C(=O)NCc2ccc(Cl)cc2Cl)cc1. The fourth-order valence-electron chi connectivity index (χ4n) is 2.10. The van der Waals surface area contributed by atoms with Crippen LogP contribution in [-0.2, 0) is 16.1 Å². The summed E-state index contributed by atoms with van der Waals surface area (Å²) in [4.78, 5) is 24.2.